The van der Waals surface area contributed by atoms with Gasteiger partial charge in [0.1, 0.15) is 12.1 Å². The van der Waals surface area contributed by atoms with Crippen molar-refractivity contribution in [3.8, 4) is 11.6 Å². The Hall–Kier alpha value is -3.73. The Kier molecular flexibility index (Phi) is 7.33. The van der Waals surface area contributed by atoms with E-state index in [1.807, 2.05) is 0 Å². The van der Waals surface area contributed by atoms with Crippen LogP contribution >= 0.6 is 11.6 Å². The molecule has 12 heteroatoms. The third-order valence-electron chi connectivity index (χ3n) is 4.00. The van der Waals surface area contributed by atoms with Crippen LogP contribution in [0.15, 0.2) is 47.5 Å². The van der Waals surface area contributed by atoms with Crippen LogP contribution in [0, 0.1) is 10.1 Å². The highest BCUT2D eigenvalue weighted by Gasteiger charge is 2.30. The molecule has 0 atom stereocenters. The molecule has 0 radical (unpaired) electrons. The molecule has 0 amide bonds. The summed E-state index contributed by atoms with van der Waals surface area (Å²) in [6.45, 7) is 2.14. The number of anilines is 1. The van der Waals surface area contributed by atoms with Gasteiger partial charge >= 0.3 is 17.5 Å². The molecule has 0 aliphatic carbocycles. The van der Waals surface area contributed by atoms with Gasteiger partial charge in [0, 0.05) is 12.7 Å². The zero-order valence-corrected chi connectivity index (χ0v) is 17.2. The minimum atomic E-state index is -0.658. The zero-order valence-electron chi connectivity index (χ0n) is 16.4. The van der Waals surface area contributed by atoms with Crippen LogP contribution < -0.4 is 9.64 Å². The smallest absolute Gasteiger partial charge is 0.373 e. The van der Waals surface area contributed by atoms with Gasteiger partial charge in [-0.25, -0.2) is 9.97 Å². The van der Waals surface area contributed by atoms with Crippen molar-refractivity contribution in [2.24, 2.45) is 0 Å². The fourth-order valence-corrected chi connectivity index (χ4v) is 2.84. The van der Waals surface area contributed by atoms with Crippen molar-refractivity contribution in [2.45, 2.75) is 19.9 Å². The average molecular weight is 448 g/mol. The van der Waals surface area contributed by atoms with Gasteiger partial charge in [-0.3, -0.25) is 14.9 Å². The molecule has 0 aliphatic rings. The summed E-state index contributed by atoms with van der Waals surface area (Å²) in [7, 11) is 0. The molecule has 0 fully saturated rings. The van der Waals surface area contributed by atoms with Crippen molar-refractivity contribution in [1.29, 1.82) is 0 Å². The molecule has 3 rings (SSSR count). The summed E-state index contributed by atoms with van der Waals surface area (Å²) in [5.74, 6) is -0.181. The Morgan fingerprint density at radius 1 is 1.29 bits per heavy atom. The third-order valence-corrected chi connectivity index (χ3v) is 4.28. The van der Waals surface area contributed by atoms with Gasteiger partial charge in [0.15, 0.2) is 10.9 Å². The van der Waals surface area contributed by atoms with Crippen LogP contribution in [0.3, 0.4) is 0 Å². The predicted molar refractivity (Wildman–Crippen MR) is 109 cm³/mol. The topological polar surface area (TPSA) is 134 Å². The van der Waals surface area contributed by atoms with Gasteiger partial charge in [-0.2, -0.15) is 4.98 Å². The van der Waals surface area contributed by atoms with E-state index in [0.29, 0.717) is 5.76 Å². The molecule has 11 nitrogen and oxygen atoms in total. The normalized spacial score (nSPS) is 10.5. The van der Waals surface area contributed by atoms with Crippen LogP contribution in [-0.2, 0) is 16.1 Å². The number of carbonyl (C=O) groups excluding carboxylic acids is 1. The fraction of sp³-hybridized carbons (Fsp3) is 0.263. The van der Waals surface area contributed by atoms with E-state index < -0.39 is 16.6 Å². The van der Waals surface area contributed by atoms with Crippen molar-refractivity contribution in [2.75, 3.05) is 18.1 Å². The Morgan fingerprint density at radius 3 is 2.81 bits per heavy atom. The standard InChI is InChI=1S/C19H18ClN5O6/c1-2-29-15(26)7-9-24(11-13-5-4-10-30-13)18-16(25(27)28)19(23-12-22-18)31-14-6-3-8-21-17(14)20/h3-6,8,10,12H,2,7,9,11H2,1H3. The van der Waals surface area contributed by atoms with Crippen LogP contribution in [0.4, 0.5) is 11.5 Å². The maximum atomic E-state index is 11.9. The SMILES string of the molecule is CCOC(=O)CCN(Cc1ccco1)c1ncnc(Oc2cccnc2Cl)c1[N+](=O)[O-]. The summed E-state index contributed by atoms with van der Waals surface area (Å²) in [6, 6.07) is 6.46. The molecule has 3 heterocycles. The molecule has 3 aromatic rings. The lowest BCUT2D eigenvalue weighted by atomic mass is 10.3. The number of nitrogens with zero attached hydrogens (tertiary/aromatic N) is 5. The van der Waals surface area contributed by atoms with Gasteiger partial charge < -0.3 is 18.8 Å². The van der Waals surface area contributed by atoms with Gasteiger partial charge in [-0.15, -0.1) is 0 Å². The number of esters is 1. The minimum absolute atomic E-state index is 0.0136. The van der Waals surface area contributed by atoms with E-state index in [0.717, 1.165) is 6.33 Å². The lowest BCUT2D eigenvalue weighted by molar-refractivity contribution is -0.385. The van der Waals surface area contributed by atoms with Crippen LogP contribution in [0.5, 0.6) is 11.6 Å². The highest BCUT2D eigenvalue weighted by molar-refractivity contribution is 6.30. The van der Waals surface area contributed by atoms with Gasteiger partial charge in [-0.05, 0) is 31.2 Å². The lowest BCUT2D eigenvalue weighted by Crippen LogP contribution is -2.28. The van der Waals surface area contributed by atoms with Crippen LogP contribution in [0.25, 0.3) is 0 Å². The number of hydrogen-bond donors (Lipinski definition) is 0. The first-order valence-electron chi connectivity index (χ1n) is 9.20. The third kappa shape index (κ3) is 5.66. The second-order valence-electron chi connectivity index (χ2n) is 6.06. The average Bonchev–Trinajstić information content (AvgIpc) is 3.26. The van der Waals surface area contributed by atoms with Crippen LogP contribution in [0.2, 0.25) is 5.15 Å². The second kappa shape index (κ2) is 10.3. The number of ether oxygens (including phenoxy) is 2. The molecular weight excluding hydrogens is 430 g/mol. The first-order valence-corrected chi connectivity index (χ1v) is 9.58. The van der Waals surface area contributed by atoms with E-state index >= 15 is 0 Å². The first-order chi connectivity index (χ1) is 15.0. The van der Waals surface area contributed by atoms with Crippen LogP contribution in [0.1, 0.15) is 19.1 Å². The molecule has 3 aromatic heterocycles. The molecule has 0 spiro atoms. The number of rotatable bonds is 10. The molecule has 0 aromatic carbocycles. The molecule has 162 valence electrons. The van der Waals surface area contributed by atoms with E-state index in [-0.39, 0.29) is 48.7 Å². The van der Waals surface area contributed by atoms with Crippen molar-refractivity contribution in [3.63, 3.8) is 0 Å². The van der Waals surface area contributed by atoms with Crippen molar-refractivity contribution in [3.05, 3.63) is 64.1 Å². The maximum Gasteiger partial charge on any atom is 0.373 e. The Balaban J connectivity index is 1.97. The summed E-state index contributed by atoms with van der Waals surface area (Å²) >= 11 is 5.99. The monoisotopic (exact) mass is 447 g/mol. The number of aromatic nitrogens is 3. The van der Waals surface area contributed by atoms with E-state index in [1.165, 1.54) is 23.4 Å². The maximum absolute atomic E-state index is 11.9. The van der Waals surface area contributed by atoms with Crippen molar-refractivity contribution < 1.29 is 23.6 Å². The highest BCUT2D eigenvalue weighted by atomic mass is 35.5. The van der Waals surface area contributed by atoms with E-state index in [2.05, 4.69) is 15.0 Å². The van der Waals surface area contributed by atoms with Gasteiger partial charge in [0.25, 0.3) is 0 Å². The minimum Gasteiger partial charge on any atom is -0.467 e. The summed E-state index contributed by atoms with van der Waals surface area (Å²) in [6.07, 6.45) is 4.05. The summed E-state index contributed by atoms with van der Waals surface area (Å²) < 4.78 is 15.9. The molecule has 0 N–H and O–H groups in total. The van der Waals surface area contributed by atoms with Crippen LogP contribution in [-0.4, -0.2) is 39.0 Å². The molecular formula is C19H18ClN5O6. The number of halogens is 1. The largest absolute Gasteiger partial charge is 0.467 e. The zero-order chi connectivity index (χ0) is 22.2. The molecule has 0 unspecified atom stereocenters. The Labute approximate surface area is 181 Å². The Bertz CT molecular complexity index is 1050. The predicted octanol–water partition coefficient (Wildman–Crippen LogP) is 3.78. The number of pyridine rings is 1. The van der Waals surface area contributed by atoms with Gasteiger partial charge in [-0.1, -0.05) is 11.6 Å². The molecule has 0 bridgehead atoms. The van der Waals surface area contributed by atoms with Gasteiger partial charge in [0.2, 0.25) is 5.82 Å². The summed E-state index contributed by atoms with van der Waals surface area (Å²) in [5, 5.41) is 11.9. The second-order valence-corrected chi connectivity index (χ2v) is 6.42. The lowest BCUT2D eigenvalue weighted by Gasteiger charge is -2.22. The highest BCUT2D eigenvalue weighted by Crippen LogP contribution is 2.38. The van der Waals surface area contributed by atoms with E-state index in [1.54, 1.807) is 25.1 Å². The molecule has 0 saturated carbocycles. The molecule has 0 saturated heterocycles. The van der Waals surface area contributed by atoms with Gasteiger partial charge in [0.05, 0.1) is 30.8 Å². The first kappa shape index (κ1) is 22.0. The number of furan rings is 1. The summed E-state index contributed by atoms with van der Waals surface area (Å²) in [4.78, 5) is 36.5. The van der Waals surface area contributed by atoms with E-state index in [4.69, 9.17) is 25.5 Å². The molecule has 0 aliphatic heterocycles. The summed E-state index contributed by atoms with van der Waals surface area (Å²) in [5.41, 5.74) is -0.488. The quantitative estimate of drug-likeness (QED) is 0.195. The van der Waals surface area contributed by atoms with Crippen molar-refractivity contribution >= 4 is 29.1 Å². The number of hydrogen-bond acceptors (Lipinski definition) is 10. The number of carbonyl (C=O) groups is 1. The van der Waals surface area contributed by atoms with E-state index in [9.17, 15) is 14.9 Å². The fourth-order valence-electron chi connectivity index (χ4n) is 2.68. The Morgan fingerprint density at radius 2 is 2.13 bits per heavy atom. The molecule has 31 heavy (non-hydrogen) atoms. The van der Waals surface area contributed by atoms with Crippen molar-refractivity contribution in [1.82, 2.24) is 15.0 Å². The number of nitro groups is 1.